The van der Waals surface area contributed by atoms with Crippen LogP contribution in [0.1, 0.15) is 30.1 Å². The fourth-order valence-electron chi connectivity index (χ4n) is 1.90. The molecule has 0 radical (unpaired) electrons. The molecule has 3 nitrogen and oxygen atoms in total. The smallest absolute Gasteiger partial charge is 0.159 e. The van der Waals surface area contributed by atoms with Gasteiger partial charge in [0.1, 0.15) is 11.9 Å². The van der Waals surface area contributed by atoms with E-state index in [4.69, 9.17) is 4.74 Å². The van der Waals surface area contributed by atoms with Gasteiger partial charge in [-0.3, -0.25) is 4.79 Å². The summed E-state index contributed by atoms with van der Waals surface area (Å²) in [5.74, 6) is 0.869. The van der Waals surface area contributed by atoms with Crippen LogP contribution in [0.15, 0.2) is 24.3 Å². The van der Waals surface area contributed by atoms with Crippen LogP contribution in [0.2, 0.25) is 0 Å². The van der Waals surface area contributed by atoms with Gasteiger partial charge in [-0.2, -0.15) is 0 Å². The maximum atomic E-state index is 11.2. The summed E-state index contributed by atoms with van der Waals surface area (Å²) in [5.41, 5.74) is 0.710. The number of hydrogen-bond donors (Lipinski definition) is 1. The molecule has 1 saturated heterocycles. The first-order valence-corrected chi connectivity index (χ1v) is 5.74. The highest BCUT2D eigenvalue weighted by molar-refractivity contribution is 5.94. The number of benzene rings is 1. The van der Waals surface area contributed by atoms with Crippen molar-refractivity contribution < 1.29 is 9.53 Å². The van der Waals surface area contributed by atoms with Gasteiger partial charge in [0, 0.05) is 12.1 Å². The van der Waals surface area contributed by atoms with Crippen molar-refractivity contribution in [2.24, 2.45) is 0 Å². The Bertz CT molecular complexity index is 370. The van der Waals surface area contributed by atoms with E-state index in [0.29, 0.717) is 5.56 Å². The van der Waals surface area contributed by atoms with Crippen molar-refractivity contribution in [1.82, 2.24) is 5.32 Å². The maximum absolute atomic E-state index is 11.2. The van der Waals surface area contributed by atoms with Crippen molar-refractivity contribution in [3.63, 3.8) is 0 Å². The SMILES string of the molecule is CC(=O)c1cccc(OC2CCCNC2)c1. The van der Waals surface area contributed by atoms with Crippen LogP contribution in [0.5, 0.6) is 5.75 Å². The van der Waals surface area contributed by atoms with Crippen LogP contribution in [-0.4, -0.2) is 25.0 Å². The Labute approximate surface area is 95.8 Å². The molecule has 1 unspecified atom stereocenters. The lowest BCUT2D eigenvalue weighted by Gasteiger charge is -2.24. The third-order valence-electron chi connectivity index (χ3n) is 2.79. The van der Waals surface area contributed by atoms with Gasteiger partial charge in [0.2, 0.25) is 0 Å². The number of carbonyl (C=O) groups is 1. The molecule has 0 amide bonds. The second-order valence-electron chi connectivity index (χ2n) is 4.17. The molecular formula is C13H17NO2. The van der Waals surface area contributed by atoms with Crippen LogP contribution in [0.4, 0.5) is 0 Å². The molecule has 1 aliphatic rings. The lowest BCUT2D eigenvalue weighted by atomic mass is 10.1. The standard InChI is InChI=1S/C13H17NO2/c1-10(15)11-4-2-5-12(8-11)16-13-6-3-7-14-9-13/h2,4-5,8,13-14H,3,6-7,9H2,1H3. The number of hydrogen-bond acceptors (Lipinski definition) is 3. The van der Waals surface area contributed by atoms with E-state index in [1.807, 2.05) is 24.3 Å². The normalized spacial score (nSPS) is 20.4. The molecule has 0 bridgehead atoms. The van der Waals surface area contributed by atoms with Crippen molar-refractivity contribution in [2.75, 3.05) is 13.1 Å². The summed E-state index contributed by atoms with van der Waals surface area (Å²) in [4.78, 5) is 11.2. The molecule has 1 N–H and O–H groups in total. The zero-order chi connectivity index (χ0) is 11.4. The van der Waals surface area contributed by atoms with Gasteiger partial charge in [0.25, 0.3) is 0 Å². The molecule has 2 rings (SSSR count). The second kappa shape index (κ2) is 5.12. The molecule has 0 aromatic heterocycles. The summed E-state index contributed by atoms with van der Waals surface area (Å²) in [7, 11) is 0. The number of ketones is 1. The fourth-order valence-corrected chi connectivity index (χ4v) is 1.90. The Balaban J connectivity index is 2.02. The third kappa shape index (κ3) is 2.83. The van der Waals surface area contributed by atoms with Crippen LogP contribution in [-0.2, 0) is 0 Å². The third-order valence-corrected chi connectivity index (χ3v) is 2.79. The number of piperidine rings is 1. The Kier molecular flexibility index (Phi) is 3.57. The van der Waals surface area contributed by atoms with Gasteiger partial charge in [-0.15, -0.1) is 0 Å². The molecule has 3 heteroatoms. The molecular weight excluding hydrogens is 202 g/mol. The van der Waals surface area contributed by atoms with E-state index in [1.165, 1.54) is 0 Å². The molecule has 0 aliphatic carbocycles. The van der Waals surface area contributed by atoms with Gasteiger partial charge in [-0.25, -0.2) is 0 Å². The van der Waals surface area contributed by atoms with Crippen LogP contribution in [0, 0.1) is 0 Å². The minimum Gasteiger partial charge on any atom is -0.489 e. The number of Topliss-reactive ketones (excluding diaryl/α,β-unsaturated/α-hetero) is 1. The highest BCUT2D eigenvalue weighted by atomic mass is 16.5. The van der Waals surface area contributed by atoms with E-state index < -0.39 is 0 Å². The molecule has 1 heterocycles. The summed E-state index contributed by atoms with van der Waals surface area (Å²) < 4.78 is 5.83. The van der Waals surface area contributed by atoms with E-state index in [2.05, 4.69) is 5.32 Å². The Hall–Kier alpha value is -1.35. The summed E-state index contributed by atoms with van der Waals surface area (Å²) in [6.07, 6.45) is 2.46. The van der Waals surface area contributed by atoms with E-state index in [0.717, 1.165) is 31.7 Å². The van der Waals surface area contributed by atoms with Crippen LogP contribution in [0.25, 0.3) is 0 Å². The molecule has 1 atom stereocenters. The van der Waals surface area contributed by atoms with Crippen molar-refractivity contribution in [3.8, 4) is 5.75 Å². The topological polar surface area (TPSA) is 38.3 Å². The lowest BCUT2D eigenvalue weighted by molar-refractivity contribution is 0.101. The van der Waals surface area contributed by atoms with Gasteiger partial charge in [0.15, 0.2) is 5.78 Å². The number of ether oxygens (including phenoxy) is 1. The quantitative estimate of drug-likeness (QED) is 0.790. The zero-order valence-electron chi connectivity index (χ0n) is 9.53. The lowest BCUT2D eigenvalue weighted by Crippen LogP contribution is -2.37. The van der Waals surface area contributed by atoms with E-state index in [1.54, 1.807) is 6.92 Å². The summed E-state index contributed by atoms with van der Waals surface area (Å²) in [5, 5.41) is 3.30. The second-order valence-corrected chi connectivity index (χ2v) is 4.17. The first-order chi connectivity index (χ1) is 7.75. The van der Waals surface area contributed by atoms with E-state index >= 15 is 0 Å². The summed E-state index contributed by atoms with van der Waals surface area (Å²) >= 11 is 0. The summed E-state index contributed by atoms with van der Waals surface area (Å²) in [6, 6.07) is 7.40. The average molecular weight is 219 g/mol. The first-order valence-electron chi connectivity index (χ1n) is 5.74. The molecule has 1 fully saturated rings. The van der Waals surface area contributed by atoms with Gasteiger partial charge < -0.3 is 10.1 Å². The molecule has 0 saturated carbocycles. The fraction of sp³-hybridized carbons (Fsp3) is 0.462. The zero-order valence-corrected chi connectivity index (χ0v) is 9.53. The number of carbonyl (C=O) groups excluding carboxylic acids is 1. The predicted octanol–water partition coefficient (Wildman–Crippen LogP) is 2.02. The minimum absolute atomic E-state index is 0.0761. The van der Waals surface area contributed by atoms with Crippen LogP contribution < -0.4 is 10.1 Å². The Morgan fingerprint density at radius 3 is 3.06 bits per heavy atom. The monoisotopic (exact) mass is 219 g/mol. The molecule has 1 aromatic rings. The molecule has 86 valence electrons. The predicted molar refractivity (Wildman–Crippen MR) is 63.0 cm³/mol. The highest BCUT2D eigenvalue weighted by Crippen LogP contribution is 2.17. The van der Waals surface area contributed by atoms with Crippen molar-refractivity contribution in [3.05, 3.63) is 29.8 Å². The van der Waals surface area contributed by atoms with E-state index in [-0.39, 0.29) is 11.9 Å². The van der Waals surface area contributed by atoms with Gasteiger partial charge in [0.05, 0.1) is 0 Å². The minimum atomic E-state index is 0.0761. The maximum Gasteiger partial charge on any atom is 0.159 e. The van der Waals surface area contributed by atoms with E-state index in [9.17, 15) is 4.79 Å². The van der Waals surface area contributed by atoms with Crippen molar-refractivity contribution in [1.29, 1.82) is 0 Å². The Morgan fingerprint density at radius 1 is 1.50 bits per heavy atom. The number of rotatable bonds is 3. The molecule has 16 heavy (non-hydrogen) atoms. The van der Waals surface area contributed by atoms with Crippen molar-refractivity contribution in [2.45, 2.75) is 25.9 Å². The number of nitrogens with one attached hydrogen (secondary N) is 1. The highest BCUT2D eigenvalue weighted by Gasteiger charge is 2.14. The first kappa shape index (κ1) is 11.1. The largest absolute Gasteiger partial charge is 0.489 e. The van der Waals surface area contributed by atoms with Crippen LogP contribution in [0.3, 0.4) is 0 Å². The van der Waals surface area contributed by atoms with Gasteiger partial charge in [-0.1, -0.05) is 12.1 Å². The Morgan fingerprint density at radius 2 is 2.38 bits per heavy atom. The average Bonchev–Trinajstić information content (AvgIpc) is 2.30. The van der Waals surface area contributed by atoms with Crippen molar-refractivity contribution >= 4 is 5.78 Å². The van der Waals surface area contributed by atoms with Gasteiger partial charge in [-0.05, 0) is 38.4 Å². The molecule has 1 aromatic carbocycles. The molecule has 1 aliphatic heterocycles. The van der Waals surface area contributed by atoms with Crippen LogP contribution >= 0.6 is 0 Å². The molecule has 0 spiro atoms. The summed E-state index contributed by atoms with van der Waals surface area (Å²) in [6.45, 7) is 3.54. The van der Waals surface area contributed by atoms with Gasteiger partial charge >= 0.3 is 0 Å².